The minimum atomic E-state index is -0.642. The van der Waals surface area contributed by atoms with Crippen molar-refractivity contribution in [1.29, 1.82) is 10.7 Å². The van der Waals surface area contributed by atoms with Crippen LogP contribution in [0.5, 0.6) is 0 Å². The summed E-state index contributed by atoms with van der Waals surface area (Å²) in [6.07, 6.45) is 3.87. The van der Waals surface area contributed by atoms with Gasteiger partial charge in [0.1, 0.15) is 17.7 Å². The first-order chi connectivity index (χ1) is 16.9. The number of nitriles is 1. The van der Waals surface area contributed by atoms with Gasteiger partial charge in [-0.15, -0.1) is 0 Å². The van der Waals surface area contributed by atoms with Gasteiger partial charge in [0.25, 0.3) is 5.91 Å². The van der Waals surface area contributed by atoms with Gasteiger partial charge in [-0.3, -0.25) is 9.36 Å². The van der Waals surface area contributed by atoms with Gasteiger partial charge in [-0.2, -0.15) is 5.26 Å². The van der Waals surface area contributed by atoms with Crippen LogP contribution in [0.15, 0.2) is 36.4 Å². The molecule has 2 fully saturated rings. The maximum atomic E-state index is 14.6. The number of likely N-dealkylation sites (tertiary alicyclic amines) is 1. The van der Waals surface area contributed by atoms with Crippen LogP contribution in [0.3, 0.4) is 0 Å². The van der Waals surface area contributed by atoms with Gasteiger partial charge in [-0.1, -0.05) is 0 Å². The number of carbonyl (C=O) groups excluding carboxylic acids is 1. The number of nitrogens with zero attached hydrogens (tertiary/aromatic N) is 4. The number of hydrogen-bond acceptors (Lipinski definition) is 6. The molecule has 9 heteroatoms. The number of aromatic nitrogens is 2. The van der Waals surface area contributed by atoms with Crippen LogP contribution in [-0.4, -0.2) is 52.8 Å². The van der Waals surface area contributed by atoms with Crippen molar-refractivity contribution in [2.24, 2.45) is 5.73 Å². The zero-order chi connectivity index (χ0) is 24.7. The summed E-state index contributed by atoms with van der Waals surface area (Å²) in [6.45, 7) is 1.05. The lowest BCUT2D eigenvalue weighted by atomic mass is 10.1. The van der Waals surface area contributed by atoms with Gasteiger partial charge in [-0.25, -0.2) is 9.37 Å². The molecule has 1 saturated carbocycles. The Morgan fingerprint density at radius 2 is 2.09 bits per heavy atom. The molecule has 2 aromatic carbocycles. The Balaban J connectivity index is 1.74. The number of rotatable bonds is 6. The normalized spacial score (nSPS) is 17.3. The molecule has 1 aliphatic carbocycles. The molecule has 4 N–H and O–H groups in total. The third-order valence-corrected chi connectivity index (χ3v) is 6.66. The largest absolute Gasteiger partial charge is 0.388 e. The number of nitrogens with two attached hydrogens (primary N) is 1. The molecule has 1 unspecified atom stereocenters. The molecule has 2 aliphatic rings. The highest BCUT2D eigenvalue weighted by Gasteiger charge is 2.38. The van der Waals surface area contributed by atoms with Gasteiger partial charge < -0.3 is 21.4 Å². The van der Waals surface area contributed by atoms with Crippen LogP contribution in [0.4, 0.5) is 10.1 Å². The summed E-state index contributed by atoms with van der Waals surface area (Å²) in [6, 6.07) is 11.8. The van der Waals surface area contributed by atoms with Crippen LogP contribution in [-0.2, 0) is 0 Å². The number of amides is 1. The summed E-state index contributed by atoms with van der Waals surface area (Å²) < 4.78 is 16.5. The Morgan fingerprint density at radius 1 is 1.29 bits per heavy atom. The first-order valence-corrected chi connectivity index (χ1v) is 11.6. The van der Waals surface area contributed by atoms with Crippen LogP contribution in [0, 0.1) is 22.6 Å². The first kappa shape index (κ1) is 22.7. The maximum absolute atomic E-state index is 14.6. The Hall–Kier alpha value is -4.03. The monoisotopic (exact) mass is 471 g/mol. The van der Waals surface area contributed by atoms with Crippen molar-refractivity contribution in [2.75, 3.05) is 25.5 Å². The highest BCUT2D eigenvalue weighted by atomic mass is 19.1. The first-order valence-electron chi connectivity index (χ1n) is 11.6. The minimum Gasteiger partial charge on any atom is -0.388 e. The van der Waals surface area contributed by atoms with E-state index >= 15 is 0 Å². The molecule has 1 atom stereocenters. The van der Waals surface area contributed by atoms with Crippen molar-refractivity contribution >= 4 is 17.8 Å². The van der Waals surface area contributed by atoms with E-state index < -0.39 is 5.82 Å². The topological polar surface area (TPSA) is 124 Å². The fourth-order valence-electron chi connectivity index (χ4n) is 4.68. The average Bonchev–Trinajstić information content (AvgIpc) is 3.49. The molecular formula is C26H26FN7O. The second-order valence-electron chi connectivity index (χ2n) is 9.05. The van der Waals surface area contributed by atoms with Crippen molar-refractivity contribution < 1.29 is 9.18 Å². The van der Waals surface area contributed by atoms with Gasteiger partial charge in [0.15, 0.2) is 5.69 Å². The summed E-state index contributed by atoms with van der Waals surface area (Å²) >= 11 is 0. The van der Waals surface area contributed by atoms with Gasteiger partial charge in [0, 0.05) is 60.8 Å². The Morgan fingerprint density at radius 3 is 2.69 bits per heavy atom. The number of hydrogen-bond donors (Lipinski definition) is 3. The molecule has 0 bridgehead atoms. The molecule has 178 valence electrons. The average molecular weight is 472 g/mol. The van der Waals surface area contributed by atoms with E-state index in [0.29, 0.717) is 35.7 Å². The number of benzene rings is 2. The van der Waals surface area contributed by atoms with Crippen molar-refractivity contribution in [1.82, 2.24) is 14.5 Å². The lowest BCUT2D eigenvalue weighted by Crippen LogP contribution is -2.32. The molecular weight excluding hydrogens is 445 g/mol. The van der Waals surface area contributed by atoms with Crippen LogP contribution in [0.2, 0.25) is 0 Å². The van der Waals surface area contributed by atoms with E-state index in [9.17, 15) is 9.18 Å². The number of nitrogens with one attached hydrogen (secondary N) is 2. The predicted octanol–water partition coefficient (Wildman–Crippen LogP) is 3.64. The number of imidazole rings is 1. The molecule has 0 radical (unpaired) electrons. The van der Waals surface area contributed by atoms with Crippen LogP contribution < -0.4 is 11.1 Å². The Bertz CT molecular complexity index is 1370. The molecule has 1 aliphatic heterocycles. The molecule has 1 saturated heterocycles. The second-order valence-corrected chi connectivity index (χ2v) is 9.05. The fraction of sp³-hybridized carbons (Fsp3) is 0.308. The second kappa shape index (κ2) is 8.96. The van der Waals surface area contributed by atoms with Gasteiger partial charge >= 0.3 is 0 Å². The molecule has 1 amide bonds. The number of halogens is 1. The molecule has 1 aromatic heterocycles. The van der Waals surface area contributed by atoms with Crippen LogP contribution in [0.1, 0.15) is 52.5 Å². The van der Waals surface area contributed by atoms with Gasteiger partial charge in [-0.05, 0) is 55.7 Å². The lowest BCUT2D eigenvalue weighted by molar-refractivity contribution is 0.0784. The molecule has 35 heavy (non-hydrogen) atoms. The SMILES string of the molecule is CNc1ccc(-n2c(-c3ccc(C#N)c(F)c3)nc(C(=O)N3CCC(N)C3)c2C2CC2)cc1C=N. The van der Waals surface area contributed by atoms with E-state index in [1.807, 2.05) is 28.8 Å². The Kier molecular flexibility index (Phi) is 5.83. The zero-order valence-electron chi connectivity index (χ0n) is 19.4. The molecule has 2 heterocycles. The maximum Gasteiger partial charge on any atom is 0.274 e. The summed E-state index contributed by atoms with van der Waals surface area (Å²) in [5, 5.41) is 20.1. The van der Waals surface area contributed by atoms with Crippen molar-refractivity contribution in [2.45, 2.75) is 31.2 Å². The van der Waals surface area contributed by atoms with E-state index in [0.717, 1.165) is 36.3 Å². The lowest BCUT2D eigenvalue weighted by Gasteiger charge is -2.17. The fourth-order valence-corrected chi connectivity index (χ4v) is 4.68. The van der Waals surface area contributed by atoms with E-state index in [1.54, 1.807) is 18.0 Å². The van der Waals surface area contributed by atoms with Crippen molar-refractivity contribution in [3.63, 3.8) is 0 Å². The van der Waals surface area contributed by atoms with Gasteiger partial charge in [0.05, 0.1) is 11.3 Å². The third-order valence-electron chi connectivity index (χ3n) is 6.66. The van der Waals surface area contributed by atoms with Crippen molar-refractivity contribution in [3.8, 4) is 23.1 Å². The smallest absolute Gasteiger partial charge is 0.274 e. The minimum absolute atomic E-state index is 0.0539. The molecule has 5 rings (SSSR count). The standard InChI is InChI=1S/C26H26FN7O/c1-31-22-7-6-20(10-18(22)13-29)34-24(15-2-3-15)23(26(35)33-9-8-19(30)14-33)32-25(34)16-4-5-17(12-28)21(27)11-16/h4-7,10-11,13,15,19,29,31H,2-3,8-9,14,30H2,1H3. The molecule has 8 nitrogen and oxygen atoms in total. The third kappa shape index (κ3) is 4.06. The number of carbonyl (C=O) groups is 1. The summed E-state index contributed by atoms with van der Waals surface area (Å²) in [5.41, 5.74) is 9.82. The van der Waals surface area contributed by atoms with Crippen molar-refractivity contribution in [3.05, 3.63) is 64.7 Å². The van der Waals surface area contributed by atoms with E-state index in [2.05, 4.69) is 5.32 Å². The van der Waals surface area contributed by atoms with E-state index in [-0.39, 0.29) is 23.4 Å². The van der Waals surface area contributed by atoms with E-state index in [4.69, 9.17) is 21.4 Å². The predicted molar refractivity (Wildman–Crippen MR) is 132 cm³/mol. The highest BCUT2D eigenvalue weighted by molar-refractivity contribution is 5.95. The van der Waals surface area contributed by atoms with Gasteiger partial charge in [0.2, 0.25) is 0 Å². The highest BCUT2D eigenvalue weighted by Crippen LogP contribution is 2.45. The molecule has 3 aromatic rings. The Labute approximate surface area is 202 Å². The quantitative estimate of drug-likeness (QED) is 0.474. The van der Waals surface area contributed by atoms with E-state index in [1.165, 1.54) is 18.3 Å². The summed E-state index contributed by atoms with van der Waals surface area (Å²) in [7, 11) is 1.79. The zero-order valence-corrected chi connectivity index (χ0v) is 19.4. The van der Waals surface area contributed by atoms with Crippen LogP contribution >= 0.6 is 0 Å². The summed E-state index contributed by atoms with van der Waals surface area (Å²) in [5.74, 6) is -0.234. The summed E-state index contributed by atoms with van der Waals surface area (Å²) in [4.78, 5) is 20.1. The number of anilines is 1. The molecule has 0 spiro atoms. The van der Waals surface area contributed by atoms with Crippen LogP contribution in [0.25, 0.3) is 17.1 Å².